The van der Waals surface area contributed by atoms with Gasteiger partial charge in [-0.2, -0.15) is 0 Å². The van der Waals surface area contributed by atoms with Crippen LogP contribution in [0.2, 0.25) is 0 Å². The largest absolute Gasteiger partial charge is 0.335 e. The highest BCUT2D eigenvalue weighted by atomic mass is 35.5. The lowest BCUT2D eigenvalue weighted by Crippen LogP contribution is -2.44. The average Bonchev–Trinajstić information content (AvgIpc) is 2.99. The number of amides is 3. The van der Waals surface area contributed by atoms with E-state index in [4.69, 9.17) is 0 Å². The maximum atomic E-state index is 13.2. The van der Waals surface area contributed by atoms with Crippen LogP contribution in [0.4, 0.5) is 25.0 Å². The van der Waals surface area contributed by atoms with Gasteiger partial charge in [0.05, 0.1) is 12.6 Å². The van der Waals surface area contributed by atoms with E-state index in [0.29, 0.717) is 11.4 Å². The molecule has 2 heterocycles. The Balaban J connectivity index is 0.00000210. The number of anilines is 2. The maximum Gasteiger partial charge on any atom is 0.319 e. The van der Waals surface area contributed by atoms with Crippen molar-refractivity contribution in [2.24, 2.45) is 0 Å². The summed E-state index contributed by atoms with van der Waals surface area (Å²) < 4.78 is 26.3. The van der Waals surface area contributed by atoms with Crippen LogP contribution in [-0.2, 0) is 4.79 Å². The number of likely N-dealkylation sites (tertiary alicyclic amines) is 1. The first-order chi connectivity index (χ1) is 12.8. The van der Waals surface area contributed by atoms with Crippen LogP contribution < -0.4 is 21.3 Å². The first kappa shape index (κ1) is 25.4. The fourth-order valence-corrected chi connectivity index (χ4v) is 3.27. The normalized spacial score (nSPS) is 21.4. The molecule has 3 rings (SSSR count). The Bertz CT molecular complexity index is 685. The standard InChI is InChI=1S/C18H25F2N5O2.2ClH/c1-25-8-6-14(7-9-25)24-17(27)23-13-4-2-12(3-5-13)22-16(26)15-10-18(19,20)11-21-15;;/h2-5,14-15,21H,6-11H2,1H3,(H,22,26)(H2,23,24,27);2*1H. The summed E-state index contributed by atoms with van der Waals surface area (Å²) in [7, 11) is 2.06. The lowest BCUT2D eigenvalue weighted by Gasteiger charge is -2.29. The Kier molecular flexibility index (Phi) is 9.54. The number of alkyl halides is 2. The molecular weight excluding hydrogens is 427 g/mol. The van der Waals surface area contributed by atoms with Crippen molar-refractivity contribution in [1.82, 2.24) is 15.5 Å². The van der Waals surface area contributed by atoms with Crippen molar-refractivity contribution < 1.29 is 18.4 Å². The molecule has 0 bridgehead atoms. The van der Waals surface area contributed by atoms with Crippen molar-refractivity contribution in [1.29, 1.82) is 0 Å². The molecule has 2 aliphatic heterocycles. The molecule has 3 amide bonds. The third-order valence-electron chi connectivity index (χ3n) is 4.89. The fourth-order valence-electron chi connectivity index (χ4n) is 3.27. The molecule has 0 spiro atoms. The van der Waals surface area contributed by atoms with E-state index >= 15 is 0 Å². The van der Waals surface area contributed by atoms with Crippen molar-refractivity contribution in [3.05, 3.63) is 24.3 Å². The monoisotopic (exact) mass is 453 g/mol. The number of rotatable bonds is 4. The molecule has 2 fully saturated rings. The van der Waals surface area contributed by atoms with E-state index in [2.05, 4.69) is 33.2 Å². The Morgan fingerprint density at radius 1 is 1.07 bits per heavy atom. The van der Waals surface area contributed by atoms with Gasteiger partial charge in [-0.15, -0.1) is 24.8 Å². The predicted molar refractivity (Wildman–Crippen MR) is 114 cm³/mol. The zero-order valence-corrected chi connectivity index (χ0v) is 17.7. The van der Waals surface area contributed by atoms with Crippen molar-refractivity contribution >= 4 is 48.1 Å². The van der Waals surface area contributed by atoms with Crippen LogP contribution in [0.15, 0.2) is 24.3 Å². The van der Waals surface area contributed by atoms with Crippen molar-refractivity contribution in [2.75, 3.05) is 37.3 Å². The van der Waals surface area contributed by atoms with Gasteiger partial charge in [0.15, 0.2) is 0 Å². The summed E-state index contributed by atoms with van der Waals surface area (Å²) in [5, 5.41) is 10.8. The van der Waals surface area contributed by atoms with Gasteiger partial charge in [0.25, 0.3) is 5.92 Å². The van der Waals surface area contributed by atoms with Crippen molar-refractivity contribution in [2.45, 2.75) is 37.3 Å². The van der Waals surface area contributed by atoms with Crippen LogP contribution in [0.1, 0.15) is 19.3 Å². The number of benzene rings is 1. The van der Waals surface area contributed by atoms with Crippen LogP contribution in [0.25, 0.3) is 0 Å². The van der Waals surface area contributed by atoms with Crippen LogP contribution in [0, 0.1) is 0 Å². The molecule has 29 heavy (non-hydrogen) atoms. The minimum Gasteiger partial charge on any atom is -0.335 e. The number of urea groups is 1. The second-order valence-electron chi connectivity index (χ2n) is 7.24. The minimum absolute atomic E-state index is 0. The van der Waals surface area contributed by atoms with Gasteiger partial charge < -0.3 is 20.9 Å². The van der Waals surface area contributed by atoms with Gasteiger partial charge in [-0.1, -0.05) is 0 Å². The Morgan fingerprint density at radius 2 is 1.62 bits per heavy atom. The molecule has 0 aromatic heterocycles. The Labute approximate surface area is 181 Å². The number of carbonyl (C=O) groups is 2. The van der Waals surface area contributed by atoms with Gasteiger partial charge in [0.2, 0.25) is 5.91 Å². The minimum atomic E-state index is -2.85. The van der Waals surface area contributed by atoms with Gasteiger partial charge in [0, 0.05) is 23.8 Å². The third kappa shape index (κ3) is 7.58. The average molecular weight is 454 g/mol. The highest BCUT2D eigenvalue weighted by Crippen LogP contribution is 2.26. The molecule has 1 atom stereocenters. The third-order valence-corrected chi connectivity index (χ3v) is 4.89. The molecular formula is C18H27Cl2F2N5O2. The zero-order valence-electron chi connectivity index (χ0n) is 16.0. The van der Waals surface area contributed by atoms with Gasteiger partial charge >= 0.3 is 6.03 Å². The molecule has 0 saturated carbocycles. The van der Waals surface area contributed by atoms with E-state index in [-0.39, 0.29) is 36.9 Å². The van der Waals surface area contributed by atoms with E-state index in [0.717, 1.165) is 25.9 Å². The van der Waals surface area contributed by atoms with Gasteiger partial charge in [0.1, 0.15) is 0 Å². The van der Waals surface area contributed by atoms with Gasteiger partial charge in [-0.05, 0) is 57.2 Å². The van der Waals surface area contributed by atoms with E-state index in [1.54, 1.807) is 24.3 Å². The SMILES string of the molecule is CN1CCC(NC(=O)Nc2ccc(NC(=O)C3CC(F)(F)CN3)cc2)CC1.Cl.Cl. The summed E-state index contributed by atoms with van der Waals surface area (Å²) >= 11 is 0. The summed E-state index contributed by atoms with van der Waals surface area (Å²) in [6, 6.07) is 5.54. The predicted octanol–water partition coefficient (Wildman–Crippen LogP) is 2.68. The van der Waals surface area contributed by atoms with E-state index < -0.39 is 30.8 Å². The number of nitrogens with zero attached hydrogens (tertiary/aromatic N) is 1. The molecule has 4 N–H and O–H groups in total. The Morgan fingerprint density at radius 3 is 2.14 bits per heavy atom. The molecule has 7 nitrogen and oxygen atoms in total. The van der Waals surface area contributed by atoms with Gasteiger partial charge in [-0.25, -0.2) is 13.6 Å². The van der Waals surface area contributed by atoms with Crippen molar-refractivity contribution in [3.8, 4) is 0 Å². The lowest BCUT2D eigenvalue weighted by atomic mass is 10.1. The summed E-state index contributed by atoms with van der Waals surface area (Å²) in [5.74, 6) is -3.34. The maximum absolute atomic E-state index is 13.2. The molecule has 164 valence electrons. The number of carbonyl (C=O) groups excluding carboxylic acids is 2. The summed E-state index contributed by atoms with van der Waals surface area (Å²) in [5.41, 5.74) is 1.07. The van der Waals surface area contributed by atoms with Crippen molar-refractivity contribution in [3.63, 3.8) is 0 Å². The highest BCUT2D eigenvalue weighted by molar-refractivity contribution is 5.95. The van der Waals surface area contributed by atoms with Crippen LogP contribution in [0.3, 0.4) is 0 Å². The second-order valence-corrected chi connectivity index (χ2v) is 7.24. The molecule has 2 aliphatic rings. The molecule has 0 aliphatic carbocycles. The van der Waals surface area contributed by atoms with Crippen LogP contribution >= 0.6 is 24.8 Å². The first-order valence-corrected chi connectivity index (χ1v) is 9.09. The summed E-state index contributed by atoms with van der Waals surface area (Å²) in [4.78, 5) is 26.3. The molecule has 1 aromatic rings. The van der Waals surface area contributed by atoms with E-state index in [1.807, 2.05) is 0 Å². The Hall–Kier alpha value is -1.68. The van der Waals surface area contributed by atoms with E-state index in [1.165, 1.54) is 0 Å². The van der Waals surface area contributed by atoms with Gasteiger partial charge in [-0.3, -0.25) is 10.1 Å². The topological polar surface area (TPSA) is 85.5 Å². The van der Waals surface area contributed by atoms with Crippen LogP contribution in [0.5, 0.6) is 0 Å². The van der Waals surface area contributed by atoms with Crippen LogP contribution in [-0.4, -0.2) is 61.5 Å². The first-order valence-electron chi connectivity index (χ1n) is 9.09. The molecule has 11 heteroatoms. The molecule has 2 saturated heterocycles. The molecule has 1 aromatic carbocycles. The number of hydrogen-bond donors (Lipinski definition) is 4. The zero-order chi connectivity index (χ0) is 19.4. The second kappa shape index (κ2) is 10.9. The smallest absolute Gasteiger partial charge is 0.319 e. The number of halogens is 4. The summed E-state index contributed by atoms with van der Waals surface area (Å²) in [6.45, 7) is 1.43. The fraction of sp³-hybridized carbons (Fsp3) is 0.556. The highest BCUT2D eigenvalue weighted by Gasteiger charge is 2.42. The summed E-state index contributed by atoms with van der Waals surface area (Å²) in [6.07, 6.45) is 1.34. The lowest BCUT2D eigenvalue weighted by molar-refractivity contribution is -0.118. The number of nitrogens with one attached hydrogen (secondary N) is 4. The van der Waals surface area contributed by atoms with E-state index in [9.17, 15) is 18.4 Å². The molecule has 1 unspecified atom stereocenters. The quantitative estimate of drug-likeness (QED) is 0.564. The number of piperidine rings is 1. The molecule has 0 radical (unpaired) electrons. The number of hydrogen-bond acceptors (Lipinski definition) is 4.